The van der Waals surface area contributed by atoms with E-state index in [1.807, 2.05) is 0 Å². The van der Waals surface area contributed by atoms with Gasteiger partial charge in [0.2, 0.25) is 0 Å². The molecule has 0 bridgehead atoms. The lowest BCUT2D eigenvalue weighted by Gasteiger charge is -2.28. The molecule has 16 heavy (non-hydrogen) atoms. The number of hydrogen-bond donors (Lipinski definition) is 1. The van der Waals surface area contributed by atoms with E-state index in [-0.39, 0.29) is 5.54 Å². The molecular weight excluding hydrogens is 196 g/mol. The molecule has 0 saturated heterocycles. The second-order valence-corrected chi connectivity index (χ2v) is 6.48. The van der Waals surface area contributed by atoms with Crippen LogP contribution in [0, 0.1) is 11.8 Å². The Morgan fingerprint density at radius 2 is 1.62 bits per heavy atom. The molecule has 0 fully saturated rings. The van der Waals surface area contributed by atoms with Gasteiger partial charge >= 0.3 is 0 Å². The van der Waals surface area contributed by atoms with Crippen molar-refractivity contribution in [1.82, 2.24) is 10.2 Å². The molecule has 0 aliphatic rings. The first-order valence-electron chi connectivity index (χ1n) is 6.72. The monoisotopic (exact) mass is 228 g/mol. The van der Waals surface area contributed by atoms with Crippen molar-refractivity contribution in [1.29, 1.82) is 0 Å². The third-order valence-corrected chi connectivity index (χ3v) is 2.62. The van der Waals surface area contributed by atoms with Crippen LogP contribution in [0.1, 0.15) is 48.5 Å². The Bertz CT molecular complexity index is 170. The van der Waals surface area contributed by atoms with Gasteiger partial charge in [0.1, 0.15) is 0 Å². The molecule has 1 N–H and O–H groups in total. The van der Waals surface area contributed by atoms with Crippen molar-refractivity contribution in [2.45, 2.75) is 54.0 Å². The maximum Gasteiger partial charge on any atom is 0.00966 e. The summed E-state index contributed by atoms with van der Waals surface area (Å²) in [6, 6.07) is 0. The van der Waals surface area contributed by atoms with Gasteiger partial charge in [-0.25, -0.2) is 0 Å². The average Bonchev–Trinajstić information content (AvgIpc) is 2.12. The average molecular weight is 228 g/mol. The molecule has 0 aromatic heterocycles. The lowest BCUT2D eigenvalue weighted by Crippen LogP contribution is -2.42. The highest BCUT2D eigenvalue weighted by atomic mass is 15.1. The van der Waals surface area contributed by atoms with Gasteiger partial charge in [-0.2, -0.15) is 0 Å². The quantitative estimate of drug-likeness (QED) is 0.720. The lowest BCUT2D eigenvalue weighted by molar-refractivity contribution is 0.215. The van der Waals surface area contributed by atoms with Gasteiger partial charge in [0.05, 0.1) is 0 Å². The molecule has 1 unspecified atom stereocenters. The van der Waals surface area contributed by atoms with Crippen LogP contribution in [0.25, 0.3) is 0 Å². The smallest absolute Gasteiger partial charge is 0.00966 e. The minimum absolute atomic E-state index is 0.239. The topological polar surface area (TPSA) is 15.3 Å². The molecule has 0 heterocycles. The fraction of sp³-hybridized carbons (Fsp3) is 1.00. The third kappa shape index (κ3) is 9.17. The first-order chi connectivity index (χ1) is 7.24. The van der Waals surface area contributed by atoms with Gasteiger partial charge in [-0.1, -0.05) is 27.7 Å². The fourth-order valence-corrected chi connectivity index (χ4v) is 1.83. The summed E-state index contributed by atoms with van der Waals surface area (Å²) in [5, 5.41) is 3.58. The molecule has 0 saturated carbocycles. The van der Waals surface area contributed by atoms with Crippen molar-refractivity contribution in [2.24, 2.45) is 11.8 Å². The summed E-state index contributed by atoms with van der Waals surface area (Å²) in [6.07, 6.45) is 0. The van der Waals surface area contributed by atoms with Crippen molar-refractivity contribution >= 4 is 0 Å². The Kier molecular flexibility index (Phi) is 7.25. The molecule has 0 rings (SSSR count). The molecule has 0 aliphatic carbocycles. The number of nitrogens with zero attached hydrogens (tertiary/aromatic N) is 1. The van der Waals surface area contributed by atoms with Gasteiger partial charge in [-0.15, -0.1) is 0 Å². The number of rotatable bonds is 7. The summed E-state index contributed by atoms with van der Waals surface area (Å²) in [6.45, 7) is 20.6. The van der Waals surface area contributed by atoms with Crippen LogP contribution in [0.2, 0.25) is 0 Å². The zero-order valence-electron chi connectivity index (χ0n) is 12.4. The van der Waals surface area contributed by atoms with Crippen LogP contribution in [0.15, 0.2) is 0 Å². The summed E-state index contributed by atoms with van der Waals surface area (Å²) < 4.78 is 0. The SMILES string of the molecule is CCN(CC(C)C)CC(C)CNC(C)(C)C. The van der Waals surface area contributed by atoms with Gasteiger partial charge < -0.3 is 10.2 Å². The Morgan fingerprint density at radius 3 is 2.00 bits per heavy atom. The highest BCUT2D eigenvalue weighted by Crippen LogP contribution is 2.05. The van der Waals surface area contributed by atoms with E-state index < -0.39 is 0 Å². The minimum atomic E-state index is 0.239. The predicted octanol–water partition coefficient (Wildman–Crippen LogP) is 2.99. The van der Waals surface area contributed by atoms with Crippen molar-refractivity contribution in [3.63, 3.8) is 0 Å². The molecule has 2 heteroatoms. The van der Waals surface area contributed by atoms with Gasteiger partial charge in [0.15, 0.2) is 0 Å². The molecule has 0 spiro atoms. The van der Waals surface area contributed by atoms with Crippen LogP contribution in [0.3, 0.4) is 0 Å². The summed E-state index contributed by atoms with van der Waals surface area (Å²) in [4.78, 5) is 2.56. The van der Waals surface area contributed by atoms with Crippen molar-refractivity contribution < 1.29 is 0 Å². The molecule has 0 radical (unpaired) electrons. The Labute approximate surface area is 103 Å². The standard InChI is InChI=1S/C14H32N2/c1-8-16(10-12(2)3)11-13(4)9-15-14(5,6)7/h12-13,15H,8-11H2,1-7H3. The number of hydrogen-bond acceptors (Lipinski definition) is 2. The fourth-order valence-electron chi connectivity index (χ4n) is 1.83. The normalized spacial score (nSPS) is 14.8. The lowest BCUT2D eigenvalue weighted by atomic mass is 10.1. The van der Waals surface area contributed by atoms with E-state index in [0.717, 1.165) is 24.9 Å². The van der Waals surface area contributed by atoms with E-state index in [2.05, 4.69) is 58.7 Å². The van der Waals surface area contributed by atoms with Crippen LogP contribution >= 0.6 is 0 Å². The largest absolute Gasteiger partial charge is 0.312 e. The first kappa shape index (κ1) is 15.9. The van der Waals surface area contributed by atoms with Gasteiger partial charge in [-0.3, -0.25) is 0 Å². The van der Waals surface area contributed by atoms with E-state index in [9.17, 15) is 0 Å². The van der Waals surface area contributed by atoms with Crippen LogP contribution in [0.5, 0.6) is 0 Å². The molecule has 98 valence electrons. The molecular formula is C14H32N2. The summed E-state index contributed by atoms with van der Waals surface area (Å²) in [7, 11) is 0. The third-order valence-electron chi connectivity index (χ3n) is 2.62. The molecule has 2 nitrogen and oxygen atoms in total. The highest BCUT2D eigenvalue weighted by Gasteiger charge is 2.13. The van der Waals surface area contributed by atoms with Gasteiger partial charge in [0, 0.05) is 18.6 Å². The molecule has 0 amide bonds. The predicted molar refractivity (Wildman–Crippen MR) is 73.9 cm³/mol. The summed E-state index contributed by atoms with van der Waals surface area (Å²) in [5.41, 5.74) is 0.239. The Balaban J connectivity index is 3.87. The molecule has 0 aromatic carbocycles. The van der Waals surface area contributed by atoms with E-state index >= 15 is 0 Å². The van der Waals surface area contributed by atoms with Crippen molar-refractivity contribution in [2.75, 3.05) is 26.2 Å². The van der Waals surface area contributed by atoms with Crippen molar-refractivity contribution in [3.05, 3.63) is 0 Å². The van der Waals surface area contributed by atoms with Crippen LogP contribution in [-0.4, -0.2) is 36.6 Å². The van der Waals surface area contributed by atoms with E-state index in [1.54, 1.807) is 0 Å². The number of nitrogens with one attached hydrogen (secondary N) is 1. The zero-order chi connectivity index (χ0) is 12.8. The van der Waals surface area contributed by atoms with Gasteiger partial charge in [0.25, 0.3) is 0 Å². The van der Waals surface area contributed by atoms with Gasteiger partial charge in [-0.05, 0) is 45.7 Å². The van der Waals surface area contributed by atoms with Crippen molar-refractivity contribution in [3.8, 4) is 0 Å². The van der Waals surface area contributed by atoms with Crippen LogP contribution in [0.4, 0.5) is 0 Å². The Morgan fingerprint density at radius 1 is 1.06 bits per heavy atom. The maximum atomic E-state index is 3.58. The zero-order valence-corrected chi connectivity index (χ0v) is 12.4. The second-order valence-electron chi connectivity index (χ2n) is 6.48. The van der Waals surface area contributed by atoms with E-state index in [0.29, 0.717) is 0 Å². The molecule has 1 atom stereocenters. The Hall–Kier alpha value is -0.0800. The minimum Gasteiger partial charge on any atom is -0.312 e. The molecule has 0 aliphatic heterocycles. The highest BCUT2D eigenvalue weighted by molar-refractivity contribution is 4.73. The summed E-state index contributed by atoms with van der Waals surface area (Å²) >= 11 is 0. The van der Waals surface area contributed by atoms with E-state index in [4.69, 9.17) is 0 Å². The van der Waals surface area contributed by atoms with E-state index in [1.165, 1.54) is 13.1 Å². The maximum absolute atomic E-state index is 3.58. The second kappa shape index (κ2) is 7.29. The summed E-state index contributed by atoms with van der Waals surface area (Å²) in [5.74, 6) is 1.49. The molecule has 0 aromatic rings. The van der Waals surface area contributed by atoms with Crippen LogP contribution < -0.4 is 5.32 Å². The first-order valence-corrected chi connectivity index (χ1v) is 6.72. The van der Waals surface area contributed by atoms with Crippen LogP contribution in [-0.2, 0) is 0 Å².